The summed E-state index contributed by atoms with van der Waals surface area (Å²) in [6, 6.07) is 4.23. The number of benzene rings is 1. The van der Waals surface area contributed by atoms with Gasteiger partial charge in [-0.2, -0.15) is 0 Å². The lowest BCUT2D eigenvalue weighted by molar-refractivity contribution is -0.383. The predicted octanol–water partition coefficient (Wildman–Crippen LogP) is 1.25. The van der Waals surface area contributed by atoms with Crippen LogP contribution in [-0.4, -0.2) is 42.4 Å². The van der Waals surface area contributed by atoms with Crippen molar-refractivity contribution in [2.24, 2.45) is 5.92 Å². The highest BCUT2D eigenvalue weighted by atomic mass is 16.6. The largest absolute Gasteiger partial charge is 0.393 e. The third kappa shape index (κ3) is 3.49. The van der Waals surface area contributed by atoms with Gasteiger partial charge in [0.1, 0.15) is 5.69 Å². The predicted molar refractivity (Wildman–Crippen MR) is 80.1 cm³/mol. The molecule has 7 heteroatoms. The van der Waals surface area contributed by atoms with Crippen LogP contribution in [0.1, 0.15) is 23.2 Å². The summed E-state index contributed by atoms with van der Waals surface area (Å²) in [5.41, 5.74) is 5.73. The first-order chi connectivity index (χ1) is 10.0. The van der Waals surface area contributed by atoms with Crippen LogP contribution in [0.25, 0.3) is 0 Å². The Morgan fingerprint density at radius 1 is 1.57 bits per heavy atom. The van der Waals surface area contributed by atoms with E-state index in [4.69, 9.17) is 5.73 Å². The van der Waals surface area contributed by atoms with E-state index in [9.17, 15) is 14.9 Å². The minimum Gasteiger partial charge on any atom is -0.393 e. The number of rotatable bonds is 4. The molecule has 1 unspecified atom stereocenters. The summed E-state index contributed by atoms with van der Waals surface area (Å²) >= 11 is 0. The Kier molecular flexibility index (Phi) is 4.74. The van der Waals surface area contributed by atoms with Crippen LogP contribution in [0.4, 0.5) is 11.4 Å². The Morgan fingerprint density at radius 2 is 2.33 bits per heavy atom. The SMILES string of the molecule is CNCC1CCCN(C(=O)c2ccc(N)c([N+](=O)[O-])c2)C1. The van der Waals surface area contributed by atoms with E-state index < -0.39 is 4.92 Å². The van der Waals surface area contributed by atoms with Crippen molar-refractivity contribution in [3.8, 4) is 0 Å². The molecule has 1 aromatic carbocycles. The second-order valence-electron chi connectivity index (χ2n) is 5.35. The van der Waals surface area contributed by atoms with Crippen LogP contribution in [0.15, 0.2) is 18.2 Å². The summed E-state index contributed by atoms with van der Waals surface area (Å²) in [5, 5.41) is 14.0. The van der Waals surface area contributed by atoms with Gasteiger partial charge in [0.05, 0.1) is 4.92 Å². The molecule has 0 aromatic heterocycles. The molecule has 1 aromatic rings. The standard InChI is InChI=1S/C14H20N4O3/c1-16-8-10-3-2-6-17(9-10)14(19)11-4-5-12(15)13(7-11)18(20)21/h4-5,7,10,16H,2-3,6,8-9,15H2,1H3. The molecular formula is C14H20N4O3. The average Bonchev–Trinajstić information content (AvgIpc) is 2.47. The van der Waals surface area contributed by atoms with Gasteiger partial charge in [-0.25, -0.2) is 0 Å². The van der Waals surface area contributed by atoms with Gasteiger partial charge in [-0.15, -0.1) is 0 Å². The summed E-state index contributed by atoms with van der Waals surface area (Å²) in [7, 11) is 1.89. The number of carbonyl (C=O) groups excluding carboxylic acids is 1. The average molecular weight is 292 g/mol. The Bertz CT molecular complexity index is 545. The topological polar surface area (TPSA) is 102 Å². The van der Waals surface area contributed by atoms with Gasteiger partial charge in [-0.3, -0.25) is 14.9 Å². The first-order valence-electron chi connectivity index (χ1n) is 7.00. The van der Waals surface area contributed by atoms with Crippen LogP contribution in [-0.2, 0) is 0 Å². The van der Waals surface area contributed by atoms with Crippen LogP contribution in [0.3, 0.4) is 0 Å². The molecule has 1 aliphatic rings. The van der Waals surface area contributed by atoms with Crippen LogP contribution in [0.5, 0.6) is 0 Å². The maximum absolute atomic E-state index is 12.5. The van der Waals surface area contributed by atoms with Crippen molar-refractivity contribution in [3.05, 3.63) is 33.9 Å². The number of nitrogen functional groups attached to an aromatic ring is 1. The van der Waals surface area contributed by atoms with Gasteiger partial charge in [-0.05, 0) is 44.5 Å². The molecule has 1 saturated heterocycles. The molecular weight excluding hydrogens is 272 g/mol. The van der Waals surface area contributed by atoms with E-state index >= 15 is 0 Å². The number of anilines is 1. The summed E-state index contributed by atoms with van der Waals surface area (Å²) < 4.78 is 0. The van der Waals surface area contributed by atoms with E-state index in [1.807, 2.05) is 7.05 Å². The fraction of sp³-hybridized carbons (Fsp3) is 0.500. The van der Waals surface area contributed by atoms with E-state index in [0.29, 0.717) is 24.6 Å². The zero-order valence-corrected chi connectivity index (χ0v) is 12.0. The third-order valence-electron chi connectivity index (χ3n) is 3.77. The number of hydrogen-bond donors (Lipinski definition) is 2. The number of piperidine rings is 1. The maximum atomic E-state index is 12.5. The van der Waals surface area contributed by atoms with Crippen LogP contribution < -0.4 is 11.1 Å². The number of carbonyl (C=O) groups is 1. The maximum Gasteiger partial charge on any atom is 0.292 e. The van der Waals surface area contributed by atoms with Crippen molar-refractivity contribution in [2.75, 3.05) is 32.4 Å². The van der Waals surface area contributed by atoms with Crippen molar-refractivity contribution in [1.82, 2.24) is 10.2 Å². The molecule has 21 heavy (non-hydrogen) atoms. The van der Waals surface area contributed by atoms with Gasteiger partial charge < -0.3 is 16.0 Å². The van der Waals surface area contributed by atoms with Crippen LogP contribution in [0.2, 0.25) is 0 Å². The summed E-state index contributed by atoms with van der Waals surface area (Å²) in [6.07, 6.45) is 2.04. The highest BCUT2D eigenvalue weighted by Crippen LogP contribution is 2.24. The Hall–Kier alpha value is -2.15. The van der Waals surface area contributed by atoms with E-state index in [1.54, 1.807) is 11.0 Å². The molecule has 1 aliphatic heterocycles. The van der Waals surface area contributed by atoms with E-state index in [2.05, 4.69) is 5.32 Å². The summed E-state index contributed by atoms with van der Waals surface area (Å²) in [4.78, 5) is 24.6. The lowest BCUT2D eigenvalue weighted by Crippen LogP contribution is -2.42. The minimum atomic E-state index is -0.563. The number of nitrogens with two attached hydrogens (primary N) is 1. The molecule has 1 atom stereocenters. The lowest BCUT2D eigenvalue weighted by Gasteiger charge is -2.32. The smallest absolute Gasteiger partial charge is 0.292 e. The second kappa shape index (κ2) is 6.53. The van der Waals surface area contributed by atoms with Crippen molar-refractivity contribution >= 4 is 17.3 Å². The molecule has 1 amide bonds. The van der Waals surface area contributed by atoms with Gasteiger partial charge in [0.25, 0.3) is 11.6 Å². The number of nitrogens with zero attached hydrogens (tertiary/aromatic N) is 2. The highest BCUT2D eigenvalue weighted by molar-refractivity contribution is 5.95. The Labute approximate surface area is 123 Å². The molecule has 0 saturated carbocycles. The van der Waals surface area contributed by atoms with Gasteiger partial charge in [-0.1, -0.05) is 0 Å². The lowest BCUT2D eigenvalue weighted by atomic mass is 9.97. The first-order valence-corrected chi connectivity index (χ1v) is 7.00. The van der Waals surface area contributed by atoms with E-state index in [0.717, 1.165) is 19.4 Å². The van der Waals surface area contributed by atoms with Gasteiger partial charge in [0.15, 0.2) is 0 Å². The molecule has 0 bridgehead atoms. The molecule has 0 aliphatic carbocycles. The quantitative estimate of drug-likeness (QED) is 0.494. The Morgan fingerprint density at radius 3 is 3.00 bits per heavy atom. The molecule has 2 rings (SSSR count). The Balaban J connectivity index is 2.16. The number of likely N-dealkylation sites (tertiary alicyclic amines) is 1. The van der Waals surface area contributed by atoms with Crippen molar-refractivity contribution in [1.29, 1.82) is 0 Å². The van der Waals surface area contributed by atoms with Gasteiger partial charge in [0, 0.05) is 24.7 Å². The minimum absolute atomic E-state index is 0.0725. The molecule has 1 fully saturated rings. The van der Waals surface area contributed by atoms with Crippen LogP contribution in [0, 0.1) is 16.0 Å². The zero-order valence-electron chi connectivity index (χ0n) is 12.0. The van der Waals surface area contributed by atoms with Gasteiger partial charge in [0.2, 0.25) is 0 Å². The van der Waals surface area contributed by atoms with Crippen molar-refractivity contribution < 1.29 is 9.72 Å². The molecule has 114 valence electrons. The number of nitro benzene ring substituents is 1. The van der Waals surface area contributed by atoms with E-state index in [-0.39, 0.29) is 17.3 Å². The second-order valence-corrected chi connectivity index (χ2v) is 5.35. The fourth-order valence-corrected chi connectivity index (χ4v) is 2.72. The van der Waals surface area contributed by atoms with E-state index in [1.165, 1.54) is 12.1 Å². The summed E-state index contributed by atoms with van der Waals surface area (Å²) in [6.45, 7) is 2.24. The number of hydrogen-bond acceptors (Lipinski definition) is 5. The third-order valence-corrected chi connectivity index (χ3v) is 3.77. The van der Waals surface area contributed by atoms with Gasteiger partial charge >= 0.3 is 0 Å². The zero-order chi connectivity index (χ0) is 15.4. The van der Waals surface area contributed by atoms with Crippen LogP contribution >= 0.6 is 0 Å². The van der Waals surface area contributed by atoms with Crippen molar-refractivity contribution in [3.63, 3.8) is 0 Å². The highest BCUT2D eigenvalue weighted by Gasteiger charge is 2.25. The van der Waals surface area contributed by atoms with Crippen molar-refractivity contribution in [2.45, 2.75) is 12.8 Å². The first kappa shape index (κ1) is 15.2. The molecule has 1 heterocycles. The normalized spacial score (nSPS) is 18.5. The molecule has 0 radical (unpaired) electrons. The molecule has 3 N–H and O–H groups in total. The summed E-state index contributed by atoms with van der Waals surface area (Å²) in [5.74, 6) is 0.260. The number of nitro groups is 1. The fourth-order valence-electron chi connectivity index (χ4n) is 2.72. The number of amides is 1. The molecule has 7 nitrogen and oxygen atoms in total. The molecule has 0 spiro atoms. The monoisotopic (exact) mass is 292 g/mol. The number of nitrogens with one attached hydrogen (secondary N) is 1.